The van der Waals surface area contributed by atoms with Crippen LogP contribution in [0.5, 0.6) is 0 Å². The molecular weight excluding hydrogens is 478 g/mol. The Bertz CT molecular complexity index is 1060. The number of carbonyl (C=O) groups is 3. The van der Waals surface area contributed by atoms with Crippen LogP contribution in [0.1, 0.15) is 84.0 Å². The molecule has 0 saturated carbocycles. The zero-order valence-corrected chi connectivity index (χ0v) is 24.2. The molecule has 2 aromatic carbocycles. The number of hydrogen-bond donors (Lipinski definition) is 2. The molecule has 0 heterocycles. The van der Waals surface area contributed by atoms with Gasteiger partial charge in [-0.1, -0.05) is 74.0 Å². The van der Waals surface area contributed by atoms with E-state index in [9.17, 15) is 14.4 Å². The van der Waals surface area contributed by atoms with Gasteiger partial charge in [-0.3, -0.25) is 9.59 Å². The van der Waals surface area contributed by atoms with E-state index in [1.54, 1.807) is 32.6 Å². The first-order valence-corrected chi connectivity index (χ1v) is 13.5. The van der Waals surface area contributed by atoms with Crippen LogP contribution in [-0.4, -0.2) is 40.5 Å². The topological polar surface area (TPSA) is 87.7 Å². The summed E-state index contributed by atoms with van der Waals surface area (Å²) in [5, 5.41) is 5.70. The van der Waals surface area contributed by atoms with Crippen molar-refractivity contribution in [2.75, 3.05) is 0 Å². The van der Waals surface area contributed by atoms with E-state index >= 15 is 0 Å². The number of rotatable bonds is 11. The fourth-order valence-corrected chi connectivity index (χ4v) is 4.24. The summed E-state index contributed by atoms with van der Waals surface area (Å²) in [6.45, 7) is 15.5. The Morgan fingerprint density at radius 1 is 0.921 bits per heavy atom. The molecule has 0 aliphatic rings. The maximum Gasteiger partial charge on any atom is 0.408 e. The zero-order valence-electron chi connectivity index (χ0n) is 24.2. The highest BCUT2D eigenvalue weighted by molar-refractivity contribution is 5.92. The SMILES string of the molecule is Cc1cccc(C(C(=O)NCc2ccccc2)N(C(=O)C(C)NC(=O)OC(C)(C)C)C(C)CCC(C)C)c1. The highest BCUT2D eigenvalue weighted by atomic mass is 16.6. The van der Waals surface area contributed by atoms with Gasteiger partial charge in [-0.2, -0.15) is 0 Å². The Balaban J connectivity index is 2.44. The smallest absolute Gasteiger partial charge is 0.408 e. The summed E-state index contributed by atoms with van der Waals surface area (Å²) in [5.41, 5.74) is 1.99. The summed E-state index contributed by atoms with van der Waals surface area (Å²) in [6, 6.07) is 15.3. The van der Waals surface area contributed by atoms with Gasteiger partial charge < -0.3 is 20.3 Å². The number of ether oxygens (including phenoxy) is 1. The van der Waals surface area contributed by atoms with Crippen molar-refractivity contribution in [1.29, 1.82) is 0 Å². The summed E-state index contributed by atoms with van der Waals surface area (Å²) in [6.07, 6.45) is 0.940. The van der Waals surface area contributed by atoms with E-state index in [-0.39, 0.29) is 17.9 Å². The fourth-order valence-electron chi connectivity index (χ4n) is 4.24. The molecule has 2 N–H and O–H groups in total. The van der Waals surface area contributed by atoms with Crippen LogP contribution in [0.2, 0.25) is 0 Å². The molecule has 0 aromatic heterocycles. The number of nitrogens with zero attached hydrogens (tertiary/aromatic N) is 1. The number of nitrogens with one attached hydrogen (secondary N) is 2. The third-order valence-corrected chi connectivity index (χ3v) is 6.19. The summed E-state index contributed by atoms with van der Waals surface area (Å²) < 4.78 is 5.37. The molecule has 3 amide bonds. The first-order chi connectivity index (χ1) is 17.8. The Labute approximate surface area is 228 Å². The van der Waals surface area contributed by atoms with Gasteiger partial charge in [-0.15, -0.1) is 0 Å². The molecule has 2 rings (SSSR count). The molecule has 0 fully saturated rings. The Hall–Kier alpha value is -3.35. The number of carbonyl (C=O) groups excluding carboxylic acids is 3. The van der Waals surface area contributed by atoms with Gasteiger partial charge >= 0.3 is 6.09 Å². The molecule has 38 heavy (non-hydrogen) atoms. The average molecular weight is 524 g/mol. The van der Waals surface area contributed by atoms with Crippen molar-refractivity contribution in [3.8, 4) is 0 Å². The fraction of sp³-hybridized carbons (Fsp3) is 0.516. The van der Waals surface area contributed by atoms with Crippen molar-refractivity contribution < 1.29 is 19.1 Å². The number of hydrogen-bond acceptors (Lipinski definition) is 4. The van der Waals surface area contributed by atoms with Gasteiger partial charge in [-0.25, -0.2) is 4.79 Å². The van der Waals surface area contributed by atoms with Crippen molar-refractivity contribution in [1.82, 2.24) is 15.5 Å². The molecule has 0 aliphatic carbocycles. The molecule has 0 saturated heterocycles. The molecule has 0 spiro atoms. The van der Waals surface area contributed by atoms with E-state index in [0.29, 0.717) is 12.5 Å². The molecule has 2 aromatic rings. The number of benzene rings is 2. The van der Waals surface area contributed by atoms with Crippen molar-refractivity contribution in [3.05, 3.63) is 71.3 Å². The second kappa shape index (κ2) is 14.0. The van der Waals surface area contributed by atoms with Crippen LogP contribution < -0.4 is 10.6 Å². The first-order valence-electron chi connectivity index (χ1n) is 13.5. The minimum absolute atomic E-state index is 0.249. The third kappa shape index (κ3) is 9.84. The van der Waals surface area contributed by atoms with E-state index in [1.807, 2.05) is 68.4 Å². The van der Waals surface area contributed by atoms with Gasteiger partial charge in [0, 0.05) is 12.6 Å². The Morgan fingerprint density at radius 2 is 1.58 bits per heavy atom. The standard InChI is InChI=1S/C31H45N3O4/c1-21(2)17-18-23(4)34(29(36)24(5)33-30(37)38-31(6,7)8)27(26-16-12-13-22(3)19-26)28(35)32-20-25-14-10-9-11-15-25/h9-16,19,21,23-24,27H,17-18,20H2,1-8H3,(H,32,35)(H,33,37). The van der Waals surface area contributed by atoms with Gasteiger partial charge in [0.25, 0.3) is 0 Å². The summed E-state index contributed by atoms with van der Waals surface area (Å²) in [4.78, 5) is 41.9. The lowest BCUT2D eigenvalue weighted by atomic mass is 9.96. The van der Waals surface area contributed by atoms with Crippen molar-refractivity contribution >= 4 is 17.9 Å². The number of alkyl carbamates (subject to hydrolysis) is 1. The molecular formula is C31H45N3O4. The number of aryl methyl sites for hydroxylation is 1. The quantitative estimate of drug-likeness (QED) is 0.383. The zero-order chi connectivity index (χ0) is 28.5. The molecule has 7 nitrogen and oxygen atoms in total. The van der Waals surface area contributed by atoms with Gasteiger partial charge in [-0.05, 0) is 71.4 Å². The van der Waals surface area contributed by atoms with Crippen LogP contribution >= 0.6 is 0 Å². The Kier molecular flexibility index (Phi) is 11.4. The molecule has 3 unspecified atom stereocenters. The maximum atomic E-state index is 14.0. The van der Waals surface area contributed by atoms with E-state index < -0.39 is 23.8 Å². The van der Waals surface area contributed by atoms with Crippen LogP contribution in [0.15, 0.2) is 54.6 Å². The lowest BCUT2D eigenvalue weighted by molar-refractivity contribution is -0.145. The maximum absolute atomic E-state index is 14.0. The van der Waals surface area contributed by atoms with E-state index in [1.165, 1.54) is 0 Å². The largest absolute Gasteiger partial charge is 0.444 e. The van der Waals surface area contributed by atoms with Gasteiger partial charge in [0.1, 0.15) is 17.7 Å². The lowest BCUT2D eigenvalue weighted by Crippen LogP contribution is -2.54. The van der Waals surface area contributed by atoms with E-state index in [0.717, 1.165) is 29.5 Å². The van der Waals surface area contributed by atoms with Crippen LogP contribution in [-0.2, 0) is 20.9 Å². The van der Waals surface area contributed by atoms with Crippen LogP contribution in [0, 0.1) is 12.8 Å². The minimum Gasteiger partial charge on any atom is -0.444 e. The van der Waals surface area contributed by atoms with Crippen molar-refractivity contribution in [2.24, 2.45) is 5.92 Å². The lowest BCUT2D eigenvalue weighted by Gasteiger charge is -2.38. The van der Waals surface area contributed by atoms with Crippen molar-refractivity contribution in [2.45, 2.75) is 98.5 Å². The van der Waals surface area contributed by atoms with E-state index in [4.69, 9.17) is 4.74 Å². The van der Waals surface area contributed by atoms with Gasteiger partial charge in [0.15, 0.2) is 0 Å². The van der Waals surface area contributed by atoms with Gasteiger partial charge in [0.2, 0.25) is 11.8 Å². The molecule has 0 radical (unpaired) electrons. The molecule has 7 heteroatoms. The highest BCUT2D eigenvalue weighted by Gasteiger charge is 2.37. The summed E-state index contributed by atoms with van der Waals surface area (Å²) in [5.74, 6) is -0.168. The average Bonchev–Trinajstić information content (AvgIpc) is 2.83. The molecule has 0 aliphatic heterocycles. The van der Waals surface area contributed by atoms with Crippen LogP contribution in [0.3, 0.4) is 0 Å². The third-order valence-electron chi connectivity index (χ3n) is 6.19. The molecule has 208 valence electrons. The Morgan fingerprint density at radius 3 is 2.16 bits per heavy atom. The van der Waals surface area contributed by atoms with Crippen molar-refractivity contribution in [3.63, 3.8) is 0 Å². The highest BCUT2D eigenvalue weighted by Crippen LogP contribution is 2.28. The predicted octanol–water partition coefficient (Wildman–Crippen LogP) is 5.92. The van der Waals surface area contributed by atoms with Crippen LogP contribution in [0.25, 0.3) is 0 Å². The number of amides is 3. The van der Waals surface area contributed by atoms with Gasteiger partial charge in [0.05, 0.1) is 0 Å². The first kappa shape index (κ1) is 30.9. The minimum atomic E-state index is -0.888. The normalized spacial score (nSPS) is 13.8. The van der Waals surface area contributed by atoms with Crippen LogP contribution in [0.4, 0.5) is 4.79 Å². The summed E-state index contributed by atoms with van der Waals surface area (Å²) in [7, 11) is 0. The predicted molar refractivity (Wildman–Crippen MR) is 151 cm³/mol. The molecule has 3 atom stereocenters. The van der Waals surface area contributed by atoms with E-state index in [2.05, 4.69) is 24.5 Å². The summed E-state index contributed by atoms with van der Waals surface area (Å²) >= 11 is 0. The second-order valence-corrected chi connectivity index (χ2v) is 11.5. The monoisotopic (exact) mass is 523 g/mol. The molecule has 0 bridgehead atoms. The second-order valence-electron chi connectivity index (χ2n) is 11.5.